The molecule has 0 saturated carbocycles. The maximum absolute atomic E-state index is 12.8. The highest BCUT2D eigenvalue weighted by Crippen LogP contribution is 2.30. The van der Waals surface area contributed by atoms with Crippen LogP contribution in [0.3, 0.4) is 0 Å². The number of amides is 2. The molecule has 5 rings (SSSR count). The van der Waals surface area contributed by atoms with Crippen LogP contribution in [0.1, 0.15) is 22.3 Å². The Balaban J connectivity index is 1.32. The number of carbonyl (C=O) groups is 2. The van der Waals surface area contributed by atoms with Gasteiger partial charge in [-0.05, 0) is 29.8 Å². The Morgan fingerprint density at radius 2 is 1.73 bits per heavy atom. The number of aromatic nitrogens is 2. The Morgan fingerprint density at radius 1 is 1.00 bits per heavy atom. The van der Waals surface area contributed by atoms with E-state index in [1.165, 1.54) is 0 Å². The van der Waals surface area contributed by atoms with E-state index in [1.54, 1.807) is 49.5 Å². The molecule has 1 aliphatic heterocycles. The van der Waals surface area contributed by atoms with E-state index in [4.69, 9.17) is 21.1 Å². The third kappa shape index (κ3) is 5.29. The largest absolute Gasteiger partial charge is 0.497 e. The number of benzene rings is 3. The first-order chi connectivity index (χ1) is 17.9. The molecule has 4 aromatic rings. The molecule has 2 amide bonds. The number of hydrogen-bond acceptors (Lipinski definition) is 5. The Labute approximate surface area is 219 Å². The zero-order chi connectivity index (χ0) is 25.9. The Bertz CT molecular complexity index is 1440. The summed E-state index contributed by atoms with van der Waals surface area (Å²) in [5.41, 5.74) is 3.60. The molecule has 0 aliphatic carbocycles. The summed E-state index contributed by atoms with van der Waals surface area (Å²) < 4.78 is 12.4. The van der Waals surface area contributed by atoms with Crippen LogP contribution in [0.2, 0.25) is 5.02 Å². The number of nitrogens with zero attached hydrogens (tertiary/aromatic N) is 3. The van der Waals surface area contributed by atoms with Crippen LogP contribution in [0.25, 0.3) is 11.3 Å². The summed E-state index contributed by atoms with van der Waals surface area (Å²) in [7, 11) is 3.11. The standard InChI is InChI=1S/C28H25ClN4O4/c1-36-23-13-22(14-24(15-23)37-2)30-28(35)19-8-6-18(7-9-19)17-32-26-16-25(20-4-3-5-21(29)12-20)31-33(26)11-10-27(32)34/h3-9,12-16H,10-11,17H2,1-2H3,(H,30,35). The lowest BCUT2D eigenvalue weighted by atomic mass is 10.1. The van der Waals surface area contributed by atoms with Gasteiger partial charge in [0.05, 0.1) is 33.0 Å². The van der Waals surface area contributed by atoms with Crippen molar-refractivity contribution in [3.63, 3.8) is 0 Å². The second kappa shape index (κ2) is 10.4. The minimum Gasteiger partial charge on any atom is -0.497 e. The molecule has 0 radical (unpaired) electrons. The van der Waals surface area contributed by atoms with Crippen molar-refractivity contribution in [2.45, 2.75) is 19.5 Å². The molecule has 1 aromatic heterocycles. The molecular weight excluding hydrogens is 492 g/mol. The van der Waals surface area contributed by atoms with Crippen LogP contribution in [0.15, 0.2) is 72.8 Å². The van der Waals surface area contributed by atoms with Crippen LogP contribution in [0, 0.1) is 0 Å². The normalized spacial score (nSPS) is 12.7. The van der Waals surface area contributed by atoms with Crippen LogP contribution in [-0.2, 0) is 17.9 Å². The van der Waals surface area contributed by atoms with Crippen molar-refractivity contribution in [2.24, 2.45) is 0 Å². The monoisotopic (exact) mass is 516 g/mol. The maximum atomic E-state index is 12.8. The van der Waals surface area contributed by atoms with Crippen LogP contribution >= 0.6 is 11.6 Å². The number of halogens is 1. The molecule has 1 N–H and O–H groups in total. The predicted molar refractivity (Wildman–Crippen MR) is 142 cm³/mol. The van der Waals surface area contributed by atoms with Gasteiger partial charge in [0.15, 0.2) is 0 Å². The van der Waals surface area contributed by atoms with Gasteiger partial charge in [-0.1, -0.05) is 35.9 Å². The van der Waals surface area contributed by atoms with E-state index in [-0.39, 0.29) is 11.8 Å². The molecule has 0 atom stereocenters. The molecule has 3 aromatic carbocycles. The summed E-state index contributed by atoms with van der Waals surface area (Å²) in [5.74, 6) is 1.65. The fourth-order valence-corrected chi connectivity index (χ4v) is 4.43. The molecule has 0 spiro atoms. The maximum Gasteiger partial charge on any atom is 0.255 e. The van der Waals surface area contributed by atoms with Crippen molar-refractivity contribution in [1.29, 1.82) is 0 Å². The second-order valence-electron chi connectivity index (χ2n) is 8.60. The van der Waals surface area contributed by atoms with Gasteiger partial charge in [-0.2, -0.15) is 5.10 Å². The van der Waals surface area contributed by atoms with Gasteiger partial charge in [-0.25, -0.2) is 4.68 Å². The number of anilines is 2. The summed E-state index contributed by atoms with van der Waals surface area (Å²) in [6.45, 7) is 0.897. The molecule has 0 bridgehead atoms. The molecule has 2 heterocycles. The van der Waals surface area contributed by atoms with Gasteiger partial charge in [0, 0.05) is 52.5 Å². The molecule has 9 heteroatoms. The molecule has 37 heavy (non-hydrogen) atoms. The Hall–Kier alpha value is -4.30. The third-order valence-corrected chi connectivity index (χ3v) is 6.40. The third-order valence-electron chi connectivity index (χ3n) is 6.16. The topological polar surface area (TPSA) is 85.7 Å². The molecule has 0 fully saturated rings. The van der Waals surface area contributed by atoms with Crippen LogP contribution in [0.5, 0.6) is 11.5 Å². The predicted octanol–water partition coefficient (Wildman–Crippen LogP) is 5.41. The van der Waals surface area contributed by atoms with Crippen molar-refractivity contribution in [3.05, 3.63) is 88.9 Å². The average molecular weight is 517 g/mol. The second-order valence-corrected chi connectivity index (χ2v) is 9.04. The van der Waals surface area contributed by atoms with Gasteiger partial charge in [-0.15, -0.1) is 0 Å². The van der Waals surface area contributed by atoms with Crippen LogP contribution < -0.4 is 19.7 Å². The van der Waals surface area contributed by atoms with Gasteiger partial charge in [-0.3, -0.25) is 14.5 Å². The first-order valence-corrected chi connectivity index (χ1v) is 12.1. The fourth-order valence-electron chi connectivity index (χ4n) is 4.24. The number of carbonyl (C=O) groups excluding carboxylic acids is 2. The molecular formula is C28H25ClN4O4. The van der Waals surface area contributed by atoms with E-state index >= 15 is 0 Å². The summed E-state index contributed by atoms with van der Waals surface area (Å²) in [6, 6.07) is 21.7. The van der Waals surface area contributed by atoms with Crippen molar-refractivity contribution >= 4 is 34.9 Å². The smallest absolute Gasteiger partial charge is 0.255 e. The summed E-state index contributed by atoms with van der Waals surface area (Å²) in [5, 5.41) is 8.18. The van der Waals surface area contributed by atoms with Crippen LogP contribution in [0.4, 0.5) is 11.5 Å². The van der Waals surface area contributed by atoms with E-state index < -0.39 is 0 Å². The average Bonchev–Trinajstić information content (AvgIpc) is 3.35. The van der Waals surface area contributed by atoms with E-state index in [0.717, 1.165) is 22.6 Å². The quantitative estimate of drug-likeness (QED) is 0.355. The van der Waals surface area contributed by atoms with E-state index in [0.29, 0.717) is 47.3 Å². The summed E-state index contributed by atoms with van der Waals surface area (Å²) in [6.07, 6.45) is 0.369. The zero-order valence-corrected chi connectivity index (χ0v) is 21.2. The summed E-state index contributed by atoms with van der Waals surface area (Å²) in [4.78, 5) is 27.4. The number of fused-ring (bicyclic) bond motifs is 1. The number of rotatable bonds is 7. The highest BCUT2D eigenvalue weighted by atomic mass is 35.5. The van der Waals surface area contributed by atoms with E-state index in [1.807, 2.05) is 47.1 Å². The van der Waals surface area contributed by atoms with Gasteiger partial charge in [0.2, 0.25) is 5.91 Å². The lowest BCUT2D eigenvalue weighted by Gasteiger charge is -2.27. The van der Waals surface area contributed by atoms with Gasteiger partial charge < -0.3 is 14.8 Å². The van der Waals surface area contributed by atoms with Crippen LogP contribution in [-0.4, -0.2) is 35.8 Å². The van der Waals surface area contributed by atoms with Crippen molar-refractivity contribution in [1.82, 2.24) is 9.78 Å². The lowest BCUT2D eigenvalue weighted by molar-refractivity contribution is -0.119. The Morgan fingerprint density at radius 3 is 2.41 bits per heavy atom. The van der Waals surface area contributed by atoms with Gasteiger partial charge in [0.25, 0.3) is 5.91 Å². The first kappa shape index (κ1) is 24.4. The number of hydrogen-bond donors (Lipinski definition) is 1. The molecule has 0 saturated heterocycles. The van der Waals surface area contributed by atoms with Crippen molar-refractivity contribution in [3.8, 4) is 22.8 Å². The number of aryl methyl sites for hydroxylation is 1. The zero-order valence-electron chi connectivity index (χ0n) is 20.4. The SMILES string of the molecule is COc1cc(NC(=O)c2ccc(CN3C(=O)CCn4nc(-c5cccc(Cl)c5)cc43)cc2)cc(OC)c1. The molecule has 188 valence electrons. The van der Waals surface area contributed by atoms with E-state index in [2.05, 4.69) is 10.4 Å². The fraction of sp³-hybridized carbons (Fsp3) is 0.179. The molecule has 0 unspecified atom stereocenters. The molecule has 1 aliphatic rings. The minimum absolute atomic E-state index is 0.0267. The number of methoxy groups -OCH3 is 2. The highest BCUT2D eigenvalue weighted by molar-refractivity contribution is 6.30. The number of ether oxygens (including phenoxy) is 2. The van der Waals surface area contributed by atoms with Gasteiger partial charge >= 0.3 is 0 Å². The van der Waals surface area contributed by atoms with Crippen molar-refractivity contribution in [2.75, 3.05) is 24.4 Å². The Kier molecular flexibility index (Phi) is 6.83. The molecule has 8 nitrogen and oxygen atoms in total. The highest BCUT2D eigenvalue weighted by Gasteiger charge is 2.26. The first-order valence-electron chi connectivity index (χ1n) is 11.7. The van der Waals surface area contributed by atoms with E-state index in [9.17, 15) is 9.59 Å². The minimum atomic E-state index is -0.264. The summed E-state index contributed by atoms with van der Waals surface area (Å²) >= 11 is 6.15. The number of nitrogens with one attached hydrogen (secondary N) is 1. The van der Waals surface area contributed by atoms with Gasteiger partial charge in [0.1, 0.15) is 17.3 Å². The lowest BCUT2D eigenvalue weighted by Crippen LogP contribution is -2.36. The van der Waals surface area contributed by atoms with Crippen molar-refractivity contribution < 1.29 is 19.1 Å².